The van der Waals surface area contributed by atoms with Gasteiger partial charge in [-0.15, -0.1) is 0 Å². The van der Waals surface area contributed by atoms with E-state index < -0.39 is 11.6 Å². The first-order valence-electron chi connectivity index (χ1n) is 7.17. The molecule has 1 aromatic rings. The average Bonchev–Trinajstić information content (AvgIpc) is 2.45. The van der Waals surface area contributed by atoms with Crippen LogP contribution in [0.15, 0.2) is 18.2 Å². The third kappa shape index (κ3) is 4.58. The summed E-state index contributed by atoms with van der Waals surface area (Å²) in [6.45, 7) is 4.07. The molecule has 1 aromatic carbocycles. The molecular weight excluding hydrogens is 278 g/mol. The van der Waals surface area contributed by atoms with Crippen molar-refractivity contribution >= 4 is 6.03 Å². The van der Waals surface area contributed by atoms with Crippen molar-refractivity contribution in [3.05, 3.63) is 29.8 Å². The zero-order valence-corrected chi connectivity index (χ0v) is 12.1. The molecular formula is C15H20F2N2O2. The predicted molar refractivity (Wildman–Crippen MR) is 75.2 cm³/mol. The zero-order chi connectivity index (χ0) is 15.2. The molecule has 21 heavy (non-hydrogen) atoms. The highest BCUT2D eigenvalue weighted by atomic mass is 19.1. The Morgan fingerprint density at radius 1 is 1.48 bits per heavy atom. The van der Waals surface area contributed by atoms with Crippen molar-refractivity contribution in [1.29, 1.82) is 0 Å². The maximum absolute atomic E-state index is 13.3. The lowest BCUT2D eigenvalue weighted by atomic mass is 10.0. The van der Waals surface area contributed by atoms with E-state index >= 15 is 0 Å². The Hall–Kier alpha value is -1.85. The number of hydrogen-bond donors (Lipinski definition) is 1. The van der Waals surface area contributed by atoms with Gasteiger partial charge in [0.15, 0.2) is 11.6 Å². The molecule has 0 aromatic heterocycles. The second kappa shape index (κ2) is 7.24. The summed E-state index contributed by atoms with van der Waals surface area (Å²) in [7, 11) is 0. The summed E-state index contributed by atoms with van der Waals surface area (Å²) in [5, 5.41) is 2.74. The highest BCUT2D eigenvalue weighted by molar-refractivity contribution is 5.74. The largest absolute Gasteiger partial charge is 0.489 e. The number of nitrogens with zero attached hydrogens (tertiary/aromatic N) is 1. The first kappa shape index (κ1) is 15.5. The summed E-state index contributed by atoms with van der Waals surface area (Å²) >= 11 is 0. The highest BCUT2D eigenvalue weighted by Crippen LogP contribution is 2.17. The first-order valence-corrected chi connectivity index (χ1v) is 7.17. The number of urea groups is 1. The molecule has 1 aliphatic rings. The van der Waals surface area contributed by atoms with Crippen molar-refractivity contribution in [1.82, 2.24) is 10.2 Å². The van der Waals surface area contributed by atoms with Crippen LogP contribution in [0.5, 0.6) is 5.75 Å². The maximum atomic E-state index is 13.3. The van der Waals surface area contributed by atoms with E-state index in [9.17, 15) is 13.6 Å². The molecule has 0 saturated carbocycles. The van der Waals surface area contributed by atoms with Gasteiger partial charge in [-0.25, -0.2) is 13.6 Å². The second-order valence-electron chi connectivity index (χ2n) is 5.35. The van der Waals surface area contributed by atoms with E-state index in [1.807, 2.05) is 0 Å². The third-order valence-electron chi connectivity index (χ3n) is 3.47. The Morgan fingerprint density at radius 3 is 3.00 bits per heavy atom. The van der Waals surface area contributed by atoms with Gasteiger partial charge in [-0.1, -0.05) is 6.92 Å². The van der Waals surface area contributed by atoms with Crippen molar-refractivity contribution in [3.63, 3.8) is 0 Å². The van der Waals surface area contributed by atoms with Gasteiger partial charge in [0, 0.05) is 19.2 Å². The Morgan fingerprint density at radius 2 is 2.29 bits per heavy atom. The summed E-state index contributed by atoms with van der Waals surface area (Å²) in [6, 6.07) is 3.01. The van der Waals surface area contributed by atoms with Gasteiger partial charge in [0.2, 0.25) is 0 Å². The van der Waals surface area contributed by atoms with Crippen LogP contribution in [-0.4, -0.2) is 37.2 Å². The van der Waals surface area contributed by atoms with Gasteiger partial charge < -0.3 is 15.0 Å². The molecule has 1 heterocycles. The smallest absolute Gasteiger partial charge is 0.317 e. The molecule has 1 saturated heterocycles. The predicted octanol–water partition coefficient (Wildman–Crippen LogP) is 2.79. The lowest BCUT2D eigenvalue weighted by Gasteiger charge is -2.30. The lowest BCUT2D eigenvalue weighted by Crippen LogP contribution is -2.45. The van der Waals surface area contributed by atoms with Gasteiger partial charge in [0.05, 0.1) is 6.54 Å². The maximum Gasteiger partial charge on any atom is 0.317 e. The molecule has 116 valence electrons. The van der Waals surface area contributed by atoms with Crippen molar-refractivity contribution in [2.24, 2.45) is 5.92 Å². The molecule has 1 N–H and O–H groups in total. The molecule has 2 rings (SSSR count). The van der Waals surface area contributed by atoms with Crippen molar-refractivity contribution in [2.75, 3.05) is 26.2 Å². The van der Waals surface area contributed by atoms with Gasteiger partial charge in [0.25, 0.3) is 0 Å². The second-order valence-corrected chi connectivity index (χ2v) is 5.35. The van der Waals surface area contributed by atoms with E-state index in [-0.39, 0.29) is 24.9 Å². The van der Waals surface area contributed by atoms with E-state index in [4.69, 9.17) is 4.74 Å². The number of rotatable bonds is 4. The fourth-order valence-corrected chi connectivity index (χ4v) is 2.40. The molecule has 2 amide bonds. The molecule has 6 heteroatoms. The number of piperidine rings is 1. The molecule has 0 radical (unpaired) electrons. The minimum absolute atomic E-state index is 0.0164. The van der Waals surface area contributed by atoms with Crippen LogP contribution in [0.3, 0.4) is 0 Å². The van der Waals surface area contributed by atoms with Gasteiger partial charge >= 0.3 is 6.03 Å². The van der Waals surface area contributed by atoms with Crippen molar-refractivity contribution in [3.8, 4) is 5.75 Å². The third-order valence-corrected chi connectivity index (χ3v) is 3.47. The number of halogens is 2. The average molecular weight is 298 g/mol. The number of nitrogens with one attached hydrogen (secondary N) is 1. The Labute approximate surface area is 123 Å². The Balaban J connectivity index is 1.70. The van der Waals surface area contributed by atoms with Crippen molar-refractivity contribution < 1.29 is 18.3 Å². The fourth-order valence-electron chi connectivity index (χ4n) is 2.40. The molecule has 0 bridgehead atoms. The molecule has 1 atom stereocenters. The summed E-state index contributed by atoms with van der Waals surface area (Å²) in [6.07, 6.45) is 2.17. The van der Waals surface area contributed by atoms with E-state index in [0.29, 0.717) is 5.92 Å². The topological polar surface area (TPSA) is 41.6 Å². The number of amides is 2. The van der Waals surface area contributed by atoms with Crippen LogP contribution in [0.2, 0.25) is 0 Å². The highest BCUT2D eigenvalue weighted by Gasteiger charge is 2.20. The normalized spacial score (nSPS) is 18.4. The number of benzene rings is 1. The summed E-state index contributed by atoms with van der Waals surface area (Å²) in [5.41, 5.74) is 0. The first-order chi connectivity index (χ1) is 10.1. The zero-order valence-electron chi connectivity index (χ0n) is 12.1. The number of hydrogen-bond acceptors (Lipinski definition) is 2. The number of carbonyl (C=O) groups excluding carboxylic acids is 1. The van der Waals surface area contributed by atoms with Crippen LogP contribution >= 0.6 is 0 Å². The summed E-state index contributed by atoms with van der Waals surface area (Å²) < 4.78 is 31.2. The monoisotopic (exact) mass is 298 g/mol. The Bertz CT molecular complexity index is 497. The van der Waals surface area contributed by atoms with Crippen LogP contribution in [-0.2, 0) is 0 Å². The van der Waals surface area contributed by atoms with Gasteiger partial charge in [-0.3, -0.25) is 0 Å². The Kier molecular flexibility index (Phi) is 5.36. The molecule has 1 fully saturated rings. The van der Waals surface area contributed by atoms with Crippen LogP contribution in [0.25, 0.3) is 0 Å². The minimum atomic E-state index is -0.744. The molecule has 0 spiro atoms. The number of likely N-dealkylation sites (tertiary alicyclic amines) is 1. The van der Waals surface area contributed by atoms with E-state index in [0.717, 1.165) is 38.1 Å². The molecule has 1 aliphatic heterocycles. The molecule has 0 aliphatic carbocycles. The fraction of sp³-hybridized carbons (Fsp3) is 0.533. The van der Waals surface area contributed by atoms with Crippen LogP contribution in [0.1, 0.15) is 19.8 Å². The van der Waals surface area contributed by atoms with Crippen LogP contribution in [0, 0.1) is 17.6 Å². The van der Waals surface area contributed by atoms with Gasteiger partial charge in [-0.05, 0) is 30.9 Å². The van der Waals surface area contributed by atoms with Crippen LogP contribution in [0.4, 0.5) is 13.6 Å². The standard InChI is InChI=1S/C15H20F2N2O2/c1-11-3-2-7-19(10-11)15(20)18-6-8-21-14-5-4-12(16)9-13(14)17/h4-5,9,11H,2-3,6-8,10H2,1H3,(H,18,20). The van der Waals surface area contributed by atoms with Gasteiger partial charge in [0.1, 0.15) is 12.4 Å². The number of ether oxygens (including phenoxy) is 1. The van der Waals surface area contributed by atoms with Crippen LogP contribution < -0.4 is 10.1 Å². The lowest BCUT2D eigenvalue weighted by molar-refractivity contribution is 0.167. The summed E-state index contributed by atoms with van der Waals surface area (Å²) in [4.78, 5) is 13.7. The van der Waals surface area contributed by atoms with E-state index in [1.165, 1.54) is 6.07 Å². The van der Waals surface area contributed by atoms with E-state index in [1.54, 1.807) is 4.90 Å². The van der Waals surface area contributed by atoms with Crippen molar-refractivity contribution in [2.45, 2.75) is 19.8 Å². The van der Waals surface area contributed by atoms with E-state index in [2.05, 4.69) is 12.2 Å². The minimum Gasteiger partial charge on any atom is -0.489 e. The van der Waals surface area contributed by atoms with Gasteiger partial charge in [-0.2, -0.15) is 0 Å². The SMILES string of the molecule is CC1CCCN(C(=O)NCCOc2ccc(F)cc2F)C1. The quantitative estimate of drug-likeness (QED) is 0.869. The number of carbonyl (C=O) groups is 1. The summed E-state index contributed by atoms with van der Waals surface area (Å²) in [5.74, 6) is -0.884. The molecule has 1 unspecified atom stereocenters. The molecule has 4 nitrogen and oxygen atoms in total.